The Morgan fingerprint density at radius 2 is 1.88 bits per heavy atom. The zero-order valence-corrected chi connectivity index (χ0v) is 10.7. The van der Waals surface area contributed by atoms with Crippen LogP contribution in [0.15, 0.2) is 29.5 Å². The van der Waals surface area contributed by atoms with Crippen LogP contribution in [0.5, 0.6) is 0 Å². The lowest BCUT2D eigenvalue weighted by Crippen LogP contribution is -2.47. The molecule has 16 heavy (non-hydrogen) atoms. The van der Waals surface area contributed by atoms with Gasteiger partial charge in [0.15, 0.2) is 0 Å². The predicted octanol–water partition coefficient (Wildman–Crippen LogP) is 1.51. The summed E-state index contributed by atoms with van der Waals surface area (Å²) in [6.45, 7) is 8.80. The molecule has 0 atom stereocenters. The molecule has 0 aromatic carbocycles. The normalized spacial score (nSPS) is 17.4. The molecule has 86 valence electrons. The second-order valence-electron chi connectivity index (χ2n) is 3.83. The van der Waals surface area contributed by atoms with E-state index < -0.39 is 0 Å². The average Bonchev–Trinajstić information content (AvgIpc) is 2.30. The van der Waals surface area contributed by atoms with Crippen molar-refractivity contribution in [2.45, 2.75) is 0 Å². The summed E-state index contributed by atoms with van der Waals surface area (Å²) in [5.41, 5.74) is 0. The maximum Gasteiger partial charge on any atom is 0.225 e. The van der Waals surface area contributed by atoms with Crippen molar-refractivity contribution in [1.82, 2.24) is 14.9 Å². The maximum absolute atomic E-state index is 4.26. The molecule has 2 heterocycles. The van der Waals surface area contributed by atoms with Gasteiger partial charge in [-0.1, -0.05) is 22.5 Å². The summed E-state index contributed by atoms with van der Waals surface area (Å²) in [6.07, 6.45) is 3.57. The van der Waals surface area contributed by atoms with Gasteiger partial charge in [-0.3, -0.25) is 4.90 Å². The summed E-state index contributed by atoms with van der Waals surface area (Å²) in [6, 6.07) is 1.84. The van der Waals surface area contributed by atoms with Gasteiger partial charge in [0.25, 0.3) is 0 Å². The fourth-order valence-electron chi connectivity index (χ4n) is 1.80. The molecule has 1 fully saturated rings. The number of aromatic nitrogens is 2. The molecule has 0 N–H and O–H groups in total. The van der Waals surface area contributed by atoms with E-state index in [4.69, 9.17) is 0 Å². The molecule has 1 aromatic heterocycles. The minimum atomic E-state index is 0.833. The highest BCUT2D eigenvalue weighted by molar-refractivity contribution is 9.11. The van der Waals surface area contributed by atoms with Crippen LogP contribution in [0.1, 0.15) is 0 Å². The van der Waals surface area contributed by atoms with Gasteiger partial charge >= 0.3 is 0 Å². The van der Waals surface area contributed by atoms with Crippen LogP contribution in [0.3, 0.4) is 0 Å². The van der Waals surface area contributed by atoms with Crippen molar-refractivity contribution < 1.29 is 0 Å². The molecule has 0 amide bonds. The molecular formula is C11H15BrN4. The fourth-order valence-corrected chi connectivity index (χ4v) is 2.16. The average molecular weight is 283 g/mol. The van der Waals surface area contributed by atoms with Gasteiger partial charge in [-0.2, -0.15) is 0 Å². The van der Waals surface area contributed by atoms with E-state index in [0.717, 1.165) is 43.2 Å². The fraction of sp³-hybridized carbons (Fsp3) is 0.455. The Kier molecular flexibility index (Phi) is 3.90. The summed E-state index contributed by atoms with van der Waals surface area (Å²) in [4.78, 5) is 13.1. The molecule has 1 aliphatic heterocycles. The Labute approximate surface area is 104 Å². The third kappa shape index (κ3) is 3.02. The minimum Gasteiger partial charge on any atom is -0.338 e. The highest BCUT2D eigenvalue weighted by Crippen LogP contribution is 2.11. The molecular weight excluding hydrogens is 268 g/mol. The van der Waals surface area contributed by atoms with Crippen molar-refractivity contribution in [2.75, 3.05) is 37.6 Å². The molecule has 0 bridgehead atoms. The van der Waals surface area contributed by atoms with Crippen molar-refractivity contribution >= 4 is 21.9 Å². The third-order valence-electron chi connectivity index (χ3n) is 2.60. The van der Waals surface area contributed by atoms with Gasteiger partial charge < -0.3 is 4.90 Å². The SMILES string of the molecule is C=C(Br)CN1CCN(c2ncccn2)CC1. The summed E-state index contributed by atoms with van der Waals surface area (Å²) in [5, 5.41) is 0. The number of halogens is 1. The van der Waals surface area contributed by atoms with Crippen LogP contribution in [-0.2, 0) is 0 Å². The Morgan fingerprint density at radius 1 is 1.25 bits per heavy atom. The third-order valence-corrected chi connectivity index (χ3v) is 2.85. The van der Waals surface area contributed by atoms with Gasteiger partial charge in [0.2, 0.25) is 5.95 Å². The summed E-state index contributed by atoms with van der Waals surface area (Å²) >= 11 is 3.40. The maximum atomic E-state index is 4.26. The van der Waals surface area contributed by atoms with E-state index in [1.807, 2.05) is 6.07 Å². The lowest BCUT2D eigenvalue weighted by Gasteiger charge is -2.34. The van der Waals surface area contributed by atoms with Crippen LogP contribution in [0, 0.1) is 0 Å². The smallest absolute Gasteiger partial charge is 0.225 e. The number of rotatable bonds is 3. The number of hydrogen-bond donors (Lipinski definition) is 0. The van der Waals surface area contributed by atoms with E-state index >= 15 is 0 Å². The van der Waals surface area contributed by atoms with Crippen LogP contribution < -0.4 is 4.90 Å². The highest BCUT2D eigenvalue weighted by atomic mass is 79.9. The molecule has 0 spiro atoms. The monoisotopic (exact) mass is 282 g/mol. The summed E-state index contributed by atoms with van der Waals surface area (Å²) < 4.78 is 1.04. The molecule has 0 aliphatic carbocycles. The first-order valence-corrected chi connectivity index (χ1v) is 6.12. The number of anilines is 1. The van der Waals surface area contributed by atoms with Gasteiger partial charge in [0.05, 0.1) is 0 Å². The van der Waals surface area contributed by atoms with Crippen LogP contribution in [0.25, 0.3) is 0 Å². The molecule has 1 aromatic rings. The van der Waals surface area contributed by atoms with Crippen molar-refractivity contribution in [3.8, 4) is 0 Å². The molecule has 1 saturated heterocycles. The molecule has 0 saturated carbocycles. The zero-order chi connectivity index (χ0) is 11.4. The standard InChI is InChI=1S/C11H15BrN4/c1-10(12)9-15-5-7-16(8-6-15)11-13-3-2-4-14-11/h2-4H,1,5-9H2. The quantitative estimate of drug-likeness (QED) is 0.841. The van der Waals surface area contributed by atoms with Crippen molar-refractivity contribution in [1.29, 1.82) is 0 Å². The molecule has 2 rings (SSSR count). The Morgan fingerprint density at radius 3 is 2.44 bits per heavy atom. The van der Waals surface area contributed by atoms with Crippen molar-refractivity contribution in [3.05, 3.63) is 29.5 Å². The van der Waals surface area contributed by atoms with Crippen LogP contribution >= 0.6 is 15.9 Å². The number of piperazine rings is 1. The Balaban J connectivity index is 1.88. The van der Waals surface area contributed by atoms with Gasteiger partial charge in [-0.15, -0.1) is 0 Å². The number of nitrogens with zero attached hydrogens (tertiary/aromatic N) is 4. The van der Waals surface area contributed by atoms with E-state index in [1.165, 1.54) is 0 Å². The largest absolute Gasteiger partial charge is 0.338 e. The lowest BCUT2D eigenvalue weighted by molar-refractivity contribution is 0.281. The second kappa shape index (κ2) is 5.41. The van der Waals surface area contributed by atoms with Crippen LogP contribution in [0.4, 0.5) is 5.95 Å². The summed E-state index contributed by atoms with van der Waals surface area (Å²) in [5.74, 6) is 0.833. The van der Waals surface area contributed by atoms with Gasteiger partial charge in [0.1, 0.15) is 0 Å². The summed E-state index contributed by atoms with van der Waals surface area (Å²) in [7, 11) is 0. The molecule has 1 aliphatic rings. The van der Waals surface area contributed by atoms with Crippen LogP contribution in [-0.4, -0.2) is 47.6 Å². The van der Waals surface area contributed by atoms with E-state index in [-0.39, 0.29) is 0 Å². The van der Waals surface area contributed by atoms with Gasteiger partial charge in [-0.25, -0.2) is 9.97 Å². The predicted molar refractivity (Wildman–Crippen MR) is 68.8 cm³/mol. The van der Waals surface area contributed by atoms with E-state index in [9.17, 15) is 0 Å². The highest BCUT2D eigenvalue weighted by Gasteiger charge is 2.18. The Hall–Kier alpha value is -0.940. The minimum absolute atomic E-state index is 0.833. The first kappa shape index (κ1) is 11.5. The first-order chi connectivity index (χ1) is 7.75. The van der Waals surface area contributed by atoms with E-state index in [0.29, 0.717) is 0 Å². The number of hydrogen-bond acceptors (Lipinski definition) is 4. The Bertz CT molecular complexity index is 346. The van der Waals surface area contributed by atoms with Crippen molar-refractivity contribution in [3.63, 3.8) is 0 Å². The topological polar surface area (TPSA) is 32.3 Å². The zero-order valence-electron chi connectivity index (χ0n) is 9.14. The molecule has 4 nitrogen and oxygen atoms in total. The molecule has 0 radical (unpaired) electrons. The lowest BCUT2D eigenvalue weighted by atomic mass is 10.3. The second-order valence-corrected chi connectivity index (χ2v) is 4.95. The van der Waals surface area contributed by atoms with E-state index in [2.05, 4.69) is 42.3 Å². The van der Waals surface area contributed by atoms with E-state index in [1.54, 1.807) is 12.4 Å². The molecule has 5 heteroatoms. The molecule has 0 unspecified atom stereocenters. The van der Waals surface area contributed by atoms with Crippen LogP contribution in [0.2, 0.25) is 0 Å². The van der Waals surface area contributed by atoms with Gasteiger partial charge in [-0.05, 0) is 6.07 Å². The van der Waals surface area contributed by atoms with Gasteiger partial charge in [0, 0.05) is 49.6 Å². The first-order valence-electron chi connectivity index (χ1n) is 5.33. The van der Waals surface area contributed by atoms with Crippen molar-refractivity contribution in [2.24, 2.45) is 0 Å².